The number of nitrogens with zero attached hydrogens (tertiary/aromatic N) is 2. The molecule has 0 saturated carbocycles. The summed E-state index contributed by atoms with van der Waals surface area (Å²) in [5.74, 6) is 0.949. The number of hydrogen-bond acceptors (Lipinski definition) is 3. The van der Waals surface area contributed by atoms with Crippen LogP contribution in [0.25, 0.3) is 11.3 Å². The van der Waals surface area contributed by atoms with Gasteiger partial charge in [0.15, 0.2) is 0 Å². The molecule has 3 rings (SSSR count). The molecule has 0 radical (unpaired) electrons. The minimum Gasteiger partial charge on any atom is -0.497 e. The van der Waals surface area contributed by atoms with Crippen molar-refractivity contribution in [1.29, 1.82) is 0 Å². The molecule has 0 saturated heterocycles. The quantitative estimate of drug-likeness (QED) is 0.786. The third-order valence-corrected chi connectivity index (χ3v) is 4.31. The number of amides is 1. The van der Waals surface area contributed by atoms with E-state index in [0.717, 1.165) is 35.2 Å². The molecule has 5 heteroatoms. The van der Waals surface area contributed by atoms with Gasteiger partial charge in [-0.1, -0.05) is 23.5 Å². The number of anilines is 1. The highest BCUT2D eigenvalue weighted by Gasteiger charge is 2.35. The number of rotatable bonds is 2. The molecule has 1 aromatic heterocycles. The lowest BCUT2D eigenvalue weighted by molar-refractivity contribution is -0.655. The predicted molar refractivity (Wildman–Crippen MR) is 74.5 cm³/mol. The number of methoxy groups -OCH3 is 1. The van der Waals surface area contributed by atoms with Crippen LogP contribution in [0, 0.1) is 0 Å². The maximum atomic E-state index is 11.6. The van der Waals surface area contributed by atoms with Crippen LogP contribution in [0.1, 0.15) is 6.92 Å². The van der Waals surface area contributed by atoms with E-state index in [0.29, 0.717) is 0 Å². The zero-order valence-electron chi connectivity index (χ0n) is 10.9. The fraction of sp³-hybridized carbons (Fsp3) is 0.286. The van der Waals surface area contributed by atoms with Crippen molar-refractivity contribution in [2.24, 2.45) is 0 Å². The summed E-state index contributed by atoms with van der Waals surface area (Å²) in [5.41, 5.74) is 2.26. The van der Waals surface area contributed by atoms with Gasteiger partial charge in [0.1, 0.15) is 24.5 Å². The maximum absolute atomic E-state index is 11.6. The van der Waals surface area contributed by atoms with Crippen molar-refractivity contribution in [1.82, 2.24) is 0 Å². The van der Waals surface area contributed by atoms with E-state index in [1.807, 2.05) is 23.1 Å². The van der Waals surface area contributed by atoms with Gasteiger partial charge in [0.25, 0.3) is 0 Å². The second kappa shape index (κ2) is 4.66. The molecule has 4 nitrogen and oxygen atoms in total. The van der Waals surface area contributed by atoms with Crippen molar-refractivity contribution in [3.8, 4) is 17.0 Å². The first-order chi connectivity index (χ1) is 9.20. The summed E-state index contributed by atoms with van der Waals surface area (Å²) in [6, 6.07) is 8.00. The Bertz CT molecular complexity index is 636. The normalized spacial score (nSPS) is 13.5. The minimum absolute atomic E-state index is 0.102. The van der Waals surface area contributed by atoms with E-state index in [-0.39, 0.29) is 5.91 Å². The van der Waals surface area contributed by atoms with Gasteiger partial charge in [0, 0.05) is 17.9 Å². The van der Waals surface area contributed by atoms with Gasteiger partial charge in [-0.3, -0.25) is 0 Å². The lowest BCUT2D eigenvalue weighted by Crippen LogP contribution is -2.31. The predicted octanol–water partition coefficient (Wildman–Crippen LogP) is 2.08. The van der Waals surface area contributed by atoms with Crippen LogP contribution in [0.5, 0.6) is 5.75 Å². The van der Waals surface area contributed by atoms with Gasteiger partial charge in [-0.2, -0.15) is 4.90 Å². The van der Waals surface area contributed by atoms with Crippen LogP contribution in [-0.2, 0) is 11.3 Å². The van der Waals surface area contributed by atoms with Gasteiger partial charge in [-0.25, -0.2) is 9.36 Å². The average molecular weight is 275 g/mol. The summed E-state index contributed by atoms with van der Waals surface area (Å²) >= 11 is 1.61. The maximum Gasteiger partial charge on any atom is 0.344 e. The molecule has 2 aromatic rings. The SMILES string of the molecule is COc1cccc(-c2csc3[n+]2CCN3C(C)=O)c1. The minimum atomic E-state index is 0.102. The summed E-state index contributed by atoms with van der Waals surface area (Å²) < 4.78 is 7.46. The van der Waals surface area contributed by atoms with Crippen LogP contribution >= 0.6 is 11.3 Å². The Kier molecular flexibility index (Phi) is 2.98. The second-order valence-corrected chi connectivity index (χ2v) is 5.29. The zero-order chi connectivity index (χ0) is 13.4. The molecule has 1 aliphatic heterocycles. The number of thiazole rings is 1. The molecule has 0 N–H and O–H groups in total. The average Bonchev–Trinajstić information content (AvgIpc) is 2.99. The van der Waals surface area contributed by atoms with Crippen molar-refractivity contribution in [2.75, 3.05) is 18.6 Å². The Balaban J connectivity index is 2.04. The highest BCUT2D eigenvalue weighted by atomic mass is 32.1. The van der Waals surface area contributed by atoms with Crippen molar-refractivity contribution >= 4 is 22.4 Å². The molecule has 0 spiro atoms. The highest BCUT2D eigenvalue weighted by molar-refractivity contribution is 7.13. The molecule has 1 aromatic carbocycles. The number of benzene rings is 1. The molecule has 19 heavy (non-hydrogen) atoms. The number of aromatic nitrogens is 1. The molecule has 0 fully saturated rings. The first-order valence-corrected chi connectivity index (χ1v) is 7.02. The van der Waals surface area contributed by atoms with E-state index in [1.165, 1.54) is 0 Å². The van der Waals surface area contributed by atoms with Crippen LogP contribution in [0.4, 0.5) is 5.13 Å². The van der Waals surface area contributed by atoms with Gasteiger partial charge in [-0.15, -0.1) is 0 Å². The molecule has 1 amide bonds. The van der Waals surface area contributed by atoms with Crippen molar-refractivity contribution in [3.05, 3.63) is 29.6 Å². The molecule has 1 aliphatic rings. The zero-order valence-corrected chi connectivity index (χ0v) is 11.7. The number of carbonyl (C=O) groups is 1. The molecular weight excluding hydrogens is 260 g/mol. The topological polar surface area (TPSA) is 33.4 Å². The third-order valence-electron chi connectivity index (χ3n) is 3.32. The van der Waals surface area contributed by atoms with Crippen LogP contribution in [-0.4, -0.2) is 19.6 Å². The van der Waals surface area contributed by atoms with Crippen molar-refractivity contribution in [2.45, 2.75) is 13.5 Å². The van der Waals surface area contributed by atoms with Crippen molar-refractivity contribution in [3.63, 3.8) is 0 Å². The van der Waals surface area contributed by atoms with E-state index in [2.05, 4.69) is 16.0 Å². The molecule has 0 unspecified atom stereocenters. The summed E-state index contributed by atoms with van der Waals surface area (Å²) in [7, 11) is 1.67. The Morgan fingerprint density at radius 1 is 1.47 bits per heavy atom. The number of ether oxygens (including phenoxy) is 1. The Morgan fingerprint density at radius 2 is 2.32 bits per heavy atom. The second-order valence-electron chi connectivity index (χ2n) is 4.46. The van der Waals surface area contributed by atoms with E-state index in [9.17, 15) is 4.79 Å². The molecular formula is C14H15N2O2S+. The molecule has 98 valence electrons. The molecule has 2 heterocycles. The third kappa shape index (κ3) is 2.00. The Hall–Kier alpha value is -1.88. The lowest BCUT2D eigenvalue weighted by Gasteiger charge is -2.02. The standard InChI is InChI=1S/C14H15N2O2S/c1-10(17)15-6-7-16-13(9-19-14(15)16)11-4-3-5-12(8-11)18-2/h3-5,8-9H,6-7H2,1-2H3/q+1. The summed E-state index contributed by atoms with van der Waals surface area (Å²) in [4.78, 5) is 13.4. The number of hydrogen-bond donors (Lipinski definition) is 0. The van der Waals surface area contributed by atoms with E-state index < -0.39 is 0 Å². The van der Waals surface area contributed by atoms with Gasteiger partial charge >= 0.3 is 11.0 Å². The fourth-order valence-electron chi connectivity index (χ4n) is 2.36. The van der Waals surface area contributed by atoms with Crippen molar-refractivity contribution < 1.29 is 14.1 Å². The van der Waals surface area contributed by atoms with E-state index >= 15 is 0 Å². The van der Waals surface area contributed by atoms with Crippen LogP contribution in [0.15, 0.2) is 29.6 Å². The van der Waals surface area contributed by atoms with Crippen LogP contribution < -0.4 is 14.2 Å². The monoisotopic (exact) mass is 275 g/mol. The van der Waals surface area contributed by atoms with Crippen LogP contribution in [0.3, 0.4) is 0 Å². The van der Waals surface area contributed by atoms with Crippen LogP contribution in [0.2, 0.25) is 0 Å². The van der Waals surface area contributed by atoms with E-state index in [4.69, 9.17) is 4.74 Å². The highest BCUT2D eigenvalue weighted by Crippen LogP contribution is 2.30. The smallest absolute Gasteiger partial charge is 0.344 e. The van der Waals surface area contributed by atoms with Gasteiger partial charge in [-0.05, 0) is 12.1 Å². The van der Waals surface area contributed by atoms with Gasteiger partial charge < -0.3 is 4.74 Å². The summed E-state index contributed by atoms with van der Waals surface area (Å²) in [5, 5.41) is 3.12. The van der Waals surface area contributed by atoms with Gasteiger partial charge in [0.05, 0.1) is 7.11 Å². The van der Waals surface area contributed by atoms with Gasteiger partial charge in [0.2, 0.25) is 0 Å². The largest absolute Gasteiger partial charge is 0.497 e. The first kappa shape index (κ1) is 12.2. The first-order valence-electron chi connectivity index (χ1n) is 6.14. The summed E-state index contributed by atoms with van der Waals surface area (Å²) in [6.07, 6.45) is 0. The molecule has 0 bridgehead atoms. The van der Waals surface area contributed by atoms with E-state index in [1.54, 1.807) is 25.4 Å². The number of fused-ring (bicyclic) bond motifs is 1. The lowest BCUT2D eigenvalue weighted by atomic mass is 10.1. The Morgan fingerprint density at radius 3 is 3.05 bits per heavy atom. The molecule has 0 atom stereocenters. The fourth-order valence-corrected chi connectivity index (χ4v) is 3.50. The number of carbonyl (C=O) groups excluding carboxylic acids is 1. The Labute approximate surface area is 115 Å². The summed E-state index contributed by atoms with van der Waals surface area (Å²) in [6.45, 7) is 3.23. The molecule has 0 aliphatic carbocycles.